The van der Waals surface area contributed by atoms with E-state index in [1.54, 1.807) is 13.0 Å². The summed E-state index contributed by atoms with van der Waals surface area (Å²) >= 11 is 0. The molecule has 1 aliphatic heterocycles. The summed E-state index contributed by atoms with van der Waals surface area (Å²) in [4.78, 5) is 20.2. The van der Waals surface area contributed by atoms with Gasteiger partial charge in [0.15, 0.2) is 12.1 Å². The molecular weight excluding hydrogens is 303 g/mol. The van der Waals surface area contributed by atoms with Gasteiger partial charge in [-0.15, -0.1) is 0 Å². The largest absolute Gasteiger partial charge is 0.448 e. The second-order valence-electron chi connectivity index (χ2n) is 5.25. The number of aromatic nitrogens is 3. The molecule has 1 aromatic carbocycles. The third-order valence-electron chi connectivity index (χ3n) is 3.75. The fraction of sp³-hybridized carbons (Fsp3) is 0.200. The Balaban J connectivity index is 1.76. The number of nitrogens with zero attached hydrogens (tertiary/aromatic N) is 3. The van der Waals surface area contributed by atoms with Crippen LogP contribution in [0, 0.1) is 12.7 Å². The molecule has 23 heavy (non-hydrogen) atoms. The molecular formula is C15H11FN4O3. The Kier molecular flexibility index (Phi) is 2.97. The number of hydrogen-bond donors (Lipinski definition) is 1. The number of anilines is 1. The van der Waals surface area contributed by atoms with Crippen LogP contribution in [0.5, 0.6) is 0 Å². The van der Waals surface area contributed by atoms with Crippen molar-refractivity contribution in [2.24, 2.45) is 0 Å². The Bertz CT molecular complexity index is 902. The molecule has 4 rings (SSSR count). The summed E-state index contributed by atoms with van der Waals surface area (Å²) < 4.78 is 23.8. The van der Waals surface area contributed by atoms with Crippen molar-refractivity contribution in [3.8, 4) is 11.5 Å². The van der Waals surface area contributed by atoms with Gasteiger partial charge in [0.05, 0.1) is 5.92 Å². The molecule has 1 unspecified atom stereocenters. The number of carbonyl (C=O) groups excluding carboxylic acids is 1. The molecule has 0 saturated carbocycles. The van der Waals surface area contributed by atoms with Gasteiger partial charge in [-0.1, -0.05) is 11.2 Å². The number of rotatable bonds is 2. The zero-order valence-electron chi connectivity index (χ0n) is 12.0. The van der Waals surface area contributed by atoms with E-state index in [1.165, 1.54) is 18.5 Å². The van der Waals surface area contributed by atoms with E-state index in [0.29, 0.717) is 23.0 Å². The molecule has 0 saturated heterocycles. The number of fused-ring (bicyclic) bond motifs is 1. The van der Waals surface area contributed by atoms with Crippen molar-refractivity contribution >= 4 is 11.6 Å². The fourth-order valence-electron chi connectivity index (χ4n) is 2.65. The minimum absolute atomic E-state index is 0.151. The van der Waals surface area contributed by atoms with Gasteiger partial charge >= 0.3 is 0 Å². The van der Waals surface area contributed by atoms with E-state index in [9.17, 15) is 9.18 Å². The number of halogens is 1. The average molecular weight is 314 g/mol. The fourth-order valence-corrected chi connectivity index (χ4v) is 2.65. The summed E-state index contributed by atoms with van der Waals surface area (Å²) in [5.41, 5.74) is 1.64. The van der Waals surface area contributed by atoms with E-state index in [4.69, 9.17) is 8.94 Å². The van der Waals surface area contributed by atoms with Gasteiger partial charge in [-0.05, 0) is 24.6 Å². The lowest BCUT2D eigenvalue weighted by molar-refractivity contribution is -0.116. The van der Waals surface area contributed by atoms with E-state index in [0.717, 1.165) is 5.56 Å². The van der Waals surface area contributed by atoms with Gasteiger partial charge in [-0.25, -0.2) is 9.37 Å². The van der Waals surface area contributed by atoms with Crippen molar-refractivity contribution in [3.63, 3.8) is 0 Å². The van der Waals surface area contributed by atoms with Crippen molar-refractivity contribution in [1.29, 1.82) is 0 Å². The van der Waals surface area contributed by atoms with Crippen LogP contribution in [-0.2, 0) is 4.79 Å². The summed E-state index contributed by atoms with van der Waals surface area (Å²) in [7, 11) is 0. The van der Waals surface area contributed by atoms with Crippen molar-refractivity contribution in [2.75, 3.05) is 5.32 Å². The smallest absolute Gasteiger partial charge is 0.235 e. The minimum Gasteiger partial charge on any atom is -0.448 e. The van der Waals surface area contributed by atoms with Gasteiger partial charge in [-0.3, -0.25) is 4.79 Å². The Hall–Kier alpha value is -3.03. The lowest BCUT2D eigenvalue weighted by Crippen LogP contribution is -2.23. The van der Waals surface area contributed by atoms with Crippen molar-refractivity contribution in [1.82, 2.24) is 15.1 Å². The highest BCUT2D eigenvalue weighted by atomic mass is 19.1. The first-order valence-electron chi connectivity index (χ1n) is 6.95. The van der Waals surface area contributed by atoms with Crippen LogP contribution in [0.3, 0.4) is 0 Å². The molecule has 0 aliphatic carbocycles. The topological polar surface area (TPSA) is 94.0 Å². The zero-order chi connectivity index (χ0) is 16.0. The van der Waals surface area contributed by atoms with Crippen LogP contribution in [0.4, 0.5) is 10.1 Å². The minimum atomic E-state index is -0.423. The highest BCUT2D eigenvalue weighted by molar-refractivity contribution is 5.95. The number of carbonyl (C=O) groups is 1. The summed E-state index contributed by atoms with van der Waals surface area (Å²) in [6, 6.07) is 4.22. The van der Waals surface area contributed by atoms with Gasteiger partial charge in [0.1, 0.15) is 11.6 Å². The quantitative estimate of drug-likeness (QED) is 0.781. The van der Waals surface area contributed by atoms with E-state index in [2.05, 4.69) is 20.4 Å². The lowest BCUT2D eigenvalue weighted by Gasteiger charge is -2.22. The molecule has 116 valence electrons. The van der Waals surface area contributed by atoms with Gasteiger partial charge < -0.3 is 14.3 Å². The standard InChI is InChI=1S/C15H11FN4O3/c1-7-13(17-6-22-7)14-19-15(23-20-14)10-5-12(21)18-11-4-8(16)2-3-9(10)11/h2-4,6,10H,5H2,1H3,(H,18,21). The SMILES string of the molecule is Cc1ocnc1-c1noc(C2CC(=O)Nc3cc(F)ccc32)n1. The van der Waals surface area contributed by atoms with Crippen LogP contribution in [0.25, 0.3) is 11.5 Å². The summed E-state index contributed by atoms with van der Waals surface area (Å²) in [6.45, 7) is 1.74. The third-order valence-corrected chi connectivity index (χ3v) is 3.75. The van der Waals surface area contributed by atoms with Crippen LogP contribution in [0.15, 0.2) is 33.5 Å². The number of aryl methyl sites for hydroxylation is 1. The predicted molar refractivity (Wildman–Crippen MR) is 76.0 cm³/mol. The van der Waals surface area contributed by atoms with E-state index < -0.39 is 11.7 Å². The van der Waals surface area contributed by atoms with E-state index >= 15 is 0 Å². The number of oxazole rings is 1. The van der Waals surface area contributed by atoms with E-state index in [1.807, 2.05) is 0 Å². The van der Waals surface area contributed by atoms with Gasteiger partial charge in [-0.2, -0.15) is 4.98 Å². The lowest BCUT2D eigenvalue weighted by atomic mass is 9.90. The first-order chi connectivity index (χ1) is 11.1. The molecule has 1 aliphatic rings. The molecule has 3 aromatic rings. The molecule has 2 aromatic heterocycles. The second kappa shape index (κ2) is 5.01. The number of nitrogens with one attached hydrogen (secondary N) is 1. The van der Waals surface area contributed by atoms with E-state index in [-0.39, 0.29) is 18.2 Å². The molecule has 0 spiro atoms. The molecule has 0 bridgehead atoms. The monoisotopic (exact) mass is 314 g/mol. The highest BCUT2D eigenvalue weighted by Gasteiger charge is 2.31. The Morgan fingerprint density at radius 1 is 1.39 bits per heavy atom. The number of benzene rings is 1. The van der Waals surface area contributed by atoms with Crippen LogP contribution in [0.2, 0.25) is 0 Å². The Morgan fingerprint density at radius 2 is 2.26 bits per heavy atom. The Labute approximate surface area is 129 Å². The molecule has 3 heterocycles. The maximum absolute atomic E-state index is 13.4. The second-order valence-corrected chi connectivity index (χ2v) is 5.25. The van der Waals surface area contributed by atoms with Gasteiger partial charge in [0.2, 0.25) is 17.6 Å². The normalized spacial score (nSPS) is 17.0. The molecule has 0 radical (unpaired) electrons. The maximum atomic E-state index is 13.4. The van der Waals surface area contributed by atoms with Crippen LogP contribution >= 0.6 is 0 Å². The van der Waals surface area contributed by atoms with Crippen LogP contribution in [-0.4, -0.2) is 21.0 Å². The predicted octanol–water partition coefficient (Wildman–Crippen LogP) is 2.65. The van der Waals surface area contributed by atoms with Gasteiger partial charge in [0.25, 0.3) is 0 Å². The van der Waals surface area contributed by atoms with Crippen molar-refractivity contribution in [3.05, 3.63) is 47.6 Å². The average Bonchev–Trinajstić information content (AvgIpc) is 3.14. The third kappa shape index (κ3) is 2.28. The highest BCUT2D eigenvalue weighted by Crippen LogP contribution is 2.37. The summed E-state index contributed by atoms with van der Waals surface area (Å²) in [5.74, 6) is 0.0691. The first-order valence-corrected chi connectivity index (χ1v) is 6.95. The van der Waals surface area contributed by atoms with Crippen molar-refractivity contribution in [2.45, 2.75) is 19.3 Å². The van der Waals surface area contributed by atoms with Gasteiger partial charge in [0, 0.05) is 12.1 Å². The summed E-state index contributed by atoms with van der Waals surface area (Å²) in [6.07, 6.45) is 1.45. The Morgan fingerprint density at radius 3 is 3.04 bits per heavy atom. The van der Waals surface area contributed by atoms with Crippen molar-refractivity contribution < 1.29 is 18.1 Å². The maximum Gasteiger partial charge on any atom is 0.235 e. The zero-order valence-corrected chi connectivity index (χ0v) is 12.0. The number of amides is 1. The molecule has 8 heteroatoms. The molecule has 1 N–H and O–H groups in total. The van der Waals surface area contributed by atoms with Crippen LogP contribution < -0.4 is 5.32 Å². The number of hydrogen-bond acceptors (Lipinski definition) is 6. The first kappa shape index (κ1) is 13.6. The molecule has 1 atom stereocenters. The molecule has 1 amide bonds. The molecule has 0 fully saturated rings. The van der Waals surface area contributed by atoms with Crippen LogP contribution in [0.1, 0.15) is 29.6 Å². The summed E-state index contributed by atoms with van der Waals surface area (Å²) in [5, 5.41) is 6.54. The molecule has 7 nitrogen and oxygen atoms in total.